The minimum atomic E-state index is -3.61. The number of hydrogen-bond acceptors (Lipinski definition) is 3. The third-order valence-electron chi connectivity index (χ3n) is 5.54. The Morgan fingerprint density at radius 2 is 1.77 bits per heavy atom. The zero-order chi connectivity index (χ0) is 21.1. The number of amides is 1. The molecule has 156 valence electrons. The molecule has 1 aliphatic heterocycles. The number of hydrogen-bond donors (Lipinski definition) is 1. The van der Waals surface area contributed by atoms with E-state index in [0.29, 0.717) is 25.9 Å². The van der Waals surface area contributed by atoms with E-state index in [1.165, 1.54) is 4.31 Å². The van der Waals surface area contributed by atoms with E-state index in [0.717, 1.165) is 20.8 Å². The fourth-order valence-electron chi connectivity index (χ4n) is 3.90. The minimum Gasteiger partial charge on any atom is -0.352 e. The van der Waals surface area contributed by atoms with E-state index in [1.54, 1.807) is 24.3 Å². The Labute approximate surface area is 185 Å². The van der Waals surface area contributed by atoms with Gasteiger partial charge in [0.2, 0.25) is 15.9 Å². The number of halogens is 1. The molecule has 0 bridgehead atoms. The topological polar surface area (TPSA) is 66.5 Å². The van der Waals surface area contributed by atoms with Gasteiger partial charge in [0.25, 0.3) is 0 Å². The van der Waals surface area contributed by atoms with Crippen molar-refractivity contribution in [3.63, 3.8) is 0 Å². The predicted octanol–water partition coefficient (Wildman–Crippen LogP) is 4.32. The smallest absolute Gasteiger partial charge is 0.243 e. The Hall–Kier alpha value is -2.22. The number of rotatable bonds is 5. The highest BCUT2D eigenvalue weighted by molar-refractivity contribution is 9.10. The maximum Gasteiger partial charge on any atom is 0.243 e. The monoisotopic (exact) mass is 486 g/mol. The van der Waals surface area contributed by atoms with Gasteiger partial charge in [-0.15, -0.1) is 0 Å². The van der Waals surface area contributed by atoms with Crippen LogP contribution in [-0.2, 0) is 21.4 Å². The van der Waals surface area contributed by atoms with Crippen molar-refractivity contribution in [2.75, 3.05) is 13.1 Å². The third kappa shape index (κ3) is 4.43. The van der Waals surface area contributed by atoms with Gasteiger partial charge < -0.3 is 5.32 Å². The van der Waals surface area contributed by atoms with Gasteiger partial charge in [0.15, 0.2) is 0 Å². The van der Waals surface area contributed by atoms with E-state index in [2.05, 4.69) is 21.2 Å². The zero-order valence-corrected chi connectivity index (χ0v) is 18.8. The second kappa shape index (κ2) is 8.88. The van der Waals surface area contributed by atoms with Crippen LogP contribution in [0.1, 0.15) is 18.4 Å². The van der Waals surface area contributed by atoms with Gasteiger partial charge in [-0.25, -0.2) is 8.42 Å². The maximum atomic E-state index is 13.0. The number of carbonyl (C=O) groups is 1. The van der Waals surface area contributed by atoms with Crippen LogP contribution < -0.4 is 5.32 Å². The highest BCUT2D eigenvalue weighted by Crippen LogP contribution is 2.25. The first-order chi connectivity index (χ1) is 14.4. The van der Waals surface area contributed by atoms with Crippen molar-refractivity contribution in [2.24, 2.45) is 5.92 Å². The third-order valence-corrected chi connectivity index (χ3v) is 7.95. The molecular formula is C23H23BrN2O3S. The summed E-state index contributed by atoms with van der Waals surface area (Å²) < 4.78 is 28.2. The lowest BCUT2D eigenvalue weighted by Crippen LogP contribution is -2.45. The Balaban J connectivity index is 1.44. The molecule has 0 radical (unpaired) electrons. The standard InChI is InChI=1S/C23H23BrN2O3S/c24-20-10-12-21(13-11-20)30(28,29)26-14-4-8-19(16-26)23(27)25-15-18-7-3-6-17-5-1-2-9-22(17)18/h1-3,5-7,9-13,19H,4,8,14-16H2,(H,25,27)/t19-/m1/s1. The Bertz CT molecular complexity index is 1160. The molecule has 1 fully saturated rings. The van der Waals surface area contributed by atoms with Crippen LogP contribution in [0.25, 0.3) is 10.8 Å². The summed E-state index contributed by atoms with van der Waals surface area (Å²) in [7, 11) is -3.61. The fraction of sp³-hybridized carbons (Fsp3) is 0.261. The Morgan fingerprint density at radius 1 is 1.03 bits per heavy atom. The number of nitrogens with zero attached hydrogens (tertiary/aromatic N) is 1. The molecule has 1 amide bonds. The molecule has 0 aliphatic carbocycles. The van der Waals surface area contributed by atoms with Gasteiger partial charge in [-0.3, -0.25) is 4.79 Å². The Kier molecular flexibility index (Phi) is 6.22. The first-order valence-corrected chi connectivity index (χ1v) is 12.2. The van der Waals surface area contributed by atoms with Crippen molar-refractivity contribution >= 4 is 42.6 Å². The van der Waals surface area contributed by atoms with Gasteiger partial charge >= 0.3 is 0 Å². The molecule has 5 nitrogen and oxygen atoms in total. The van der Waals surface area contributed by atoms with Crippen molar-refractivity contribution in [1.82, 2.24) is 9.62 Å². The highest BCUT2D eigenvalue weighted by atomic mass is 79.9. The zero-order valence-electron chi connectivity index (χ0n) is 16.4. The molecule has 1 heterocycles. The van der Waals surface area contributed by atoms with Crippen molar-refractivity contribution in [3.05, 3.63) is 76.8 Å². The molecule has 3 aromatic rings. The molecule has 1 N–H and O–H groups in total. The summed E-state index contributed by atoms with van der Waals surface area (Å²) in [5.74, 6) is -0.447. The van der Waals surface area contributed by atoms with Gasteiger partial charge in [-0.2, -0.15) is 4.31 Å². The summed E-state index contributed by atoms with van der Waals surface area (Å²) in [5, 5.41) is 5.26. The second-order valence-electron chi connectivity index (χ2n) is 7.51. The number of sulfonamides is 1. The van der Waals surface area contributed by atoms with Gasteiger partial charge in [-0.05, 0) is 53.4 Å². The molecule has 1 saturated heterocycles. The largest absolute Gasteiger partial charge is 0.352 e. The van der Waals surface area contributed by atoms with Gasteiger partial charge in [0.1, 0.15) is 0 Å². The van der Waals surface area contributed by atoms with E-state index in [4.69, 9.17) is 0 Å². The van der Waals surface area contributed by atoms with Crippen molar-refractivity contribution in [3.8, 4) is 0 Å². The van der Waals surface area contributed by atoms with Gasteiger partial charge in [-0.1, -0.05) is 58.4 Å². The average Bonchev–Trinajstić information content (AvgIpc) is 2.78. The molecule has 3 aromatic carbocycles. The molecule has 0 aromatic heterocycles. The predicted molar refractivity (Wildman–Crippen MR) is 121 cm³/mol. The molecule has 30 heavy (non-hydrogen) atoms. The first-order valence-electron chi connectivity index (χ1n) is 9.95. The minimum absolute atomic E-state index is 0.0985. The quantitative estimate of drug-likeness (QED) is 0.583. The molecule has 0 unspecified atom stereocenters. The van der Waals surface area contributed by atoms with Crippen molar-refractivity contribution < 1.29 is 13.2 Å². The fourth-order valence-corrected chi connectivity index (χ4v) is 5.69. The number of nitrogens with one attached hydrogen (secondary N) is 1. The van der Waals surface area contributed by atoms with E-state index in [1.807, 2.05) is 42.5 Å². The van der Waals surface area contributed by atoms with E-state index < -0.39 is 10.0 Å². The summed E-state index contributed by atoms with van der Waals surface area (Å²) in [5.41, 5.74) is 1.05. The van der Waals surface area contributed by atoms with Crippen molar-refractivity contribution in [2.45, 2.75) is 24.3 Å². The van der Waals surface area contributed by atoms with Crippen molar-refractivity contribution in [1.29, 1.82) is 0 Å². The number of benzene rings is 3. The van der Waals surface area contributed by atoms with Crippen LogP contribution in [-0.4, -0.2) is 31.7 Å². The summed E-state index contributed by atoms with van der Waals surface area (Å²) >= 11 is 3.33. The van der Waals surface area contributed by atoms with Gasteiger partial charge in [0, 0.05) is 24.1 Å². The molecule has 7 heteroatoms. The van der Waals surface area contributed by atoms with E-state index >= 15 is 0 Å². The first kappa shape index (κ1) is 21.0. The summed E-state index contributed by atoms with van der Waals surface area (Å²) in [6, 6.07) is 20.7. The number of fused-ring (bicyclic) bond motifs is 1. The summed E-state index contributed by atoms with van der Waals surface area (Å²) in [6.07, 6.45) is 1.36. The second-order valence-corrected chi connectivity index (χ2v) is 10.4. The van der Waals surface area contributed by atoms with E-state index in [9.17, 15) is 13.2 Å². The molecule has 0 saturated carbocycles. The maximum absolute atomic E-state index is 13.0. The molecule has 0 spiro atoms. The molecular weight excluding hydrogens is 464 g/mol. The SMILES string of the molecule is O=C(NCc1cccc2ccccc12)[C@@H]1CCCN(S(=O)(=O)c2ccc(Br)cc2)C1. The lowest BCUT2D eigenvalue weighted by molar-refractivity contribution is -0.126. The average molecular weight is 487 g/mol. The highest BCUT2D eigenvalue weighted by Gasteiger charge is 2.33. The van der Waals surface area contributed by atoms with Gasteiger partial charge in [0.05, 0.1) is 10.8 Å². The van der Waals surface area contributed by atoms with Crippen LogP contribution in [0.3, 0.4) is 0 Å². The van der Waals surface area contributed by atoms with Crippen LogP contribution in [0.2, 0.25) is 0 Å². The van der Waals surface area contributed by atoms with Crippen LogP contribution in [0.15, 0.2) is 76.1 Å². The summed E-state index contributed by atoms with van der Waals surface area (Å²) in [6.45, 7) is 1.07. The number of piperidine rings is 1. The van der Waals surface area contributed by atoms with E-state index in [-0.39, 0.29) is 23.3 Å². The lowest BCUT2D eigenvalue weighted by atomic mass is 9.98. The lowest BCUT2D eigenvalue weighted by Gasteiger charge is -2.31. The number of carbonyl (C=O) groups excluding carboxylic acids is 1. The molecule has 1 aliphatic rings. The van der Waals surface area contributed by atoms with Crippen LogP contribution in [0.5, 0.6) is 0 Å². The van der Waals surface area contributed by atoms with Crippen LogP contribution in [0, 0.1) is 5.92 Å². The molecule has 4 rings (SSSR count). The Morgan fingerprint density at radius 3 is 2.57 bits per heavy atom. The van der Waals surface area contributed by atoms with Crippen LogP contribution >= 0.6 is 15.9 Å². The normalized spacial score (nSPS) is 17.7. The van der Waals surface area contributed by atoms with Crippen LogP contribution in [0.4, 0.5) is 0 Å². The summed E-state index contributed by atoms with van der Waals surface area (Å²) in [4.78, 5) is 13.1. The molecule has 1 atom stereocenters.